The van der Waals surface area contributed by atoms with E-state index in [1.165, 1.54) is 57.8 Å². The smallest absolute Gasteiger partial charge is 0.858 e. The number of fused-ring (bicyclic) bond motifs is 2. The minimum atomic E-state index is -3.68. The molecule has 0 aromatic heterocycles. The molecule has 0 atom stereocenters. The van der Waals surface area contributed by atoms with Crippen LogP contribution in [0.2, 0.25) is 0 Å². The maximum atomic E-state index is 11.1. The molecule has 0 spiro atoms. The third-order valence-electron chi connectivity index (χ3n) is 8.31. The summed E-state index contributed by atoms with van der Waals surface area (Å²) in [6.45, 7) is 0. The van der Waals surface area contributed by atoms with E-state index in [0.717, 1.165) is 0 Å². The molecule has 13 heteroatoms. The van der Waals surface area contributed by atoms with Crippen molar-refractivity contribution < 1.29 is 48.1 Å². The van der Waals surface area contributed by atoms with Crippen LogP contribution in [-0.4, -0.2) is 41.0 Å². The molecule has 0 N–H and O–H groups in total. The van der Waals surface area contributed by atoms with Gasteiger partial charge in [-0.3, -0.25) is 0 Å². The Kier molecular flexibility index (Phi) is 13.7. The minimum Gasteiger partial charge on any atom is -0.858 e. The largest absolute Gasteiger partial charge is 2.00 e. The van der Waals surface area contributed by atoms with E-state index in [2.05, 4.69) is 130 Å². The molecule has 2 aliphatic heterocycles. The first-order chi connectivity index (χ1) is 25.1. The van der Waals surface area contributed by atoms with Gasteiger partial charge in [0.1, 0.15) is 12.3 Å². The van der Waals surface area contributed by atoms with Crippen molar-refractivity contribution in [1.82, 2.24) is 0 Å². The first-order valence-electron chi connectivity index (χ1n) is 16.3. The molecular formula is C40H34N2O6P2PtS2+2. The van der Waals surface area contributed by atoms with Crippen molar-refractivity contribution in [3.8, 4) is 0 Å². The van der Waals surface area contributed by atoms with Crippen LogP contribution in [0.5, 0.6) is 0 Å². The first-order valence-corrected chi connectivity index (χ1v) is 22.6. The van der Waals surface area contributed by atoms with Gasteiger partial charge in [-0.1, -0.05) is 109 Å². The van der Waals surface area contributed by atoms with E-state index in [1.54, 1.807) is 24.3 Å². The van der Waals surface area contributed by atoms with Crippen molar-refractivity contribution in [2.75, 3.05) is 12.3 Å². The molecule has 6 aromatic rings. The molecule has 0 fully saturated rings. The second kappa shape index (κ2) is 18.2. The molecule has 8 nitrogen and oxygen atoms in total. The fourth-order valence-corrected chi connectivity index (χ4v) is 14.3. The zero-order valence-electron chi connectivity index (χ0n) is 28.1. The summed E-state index contributed by atoms with van der Waals surface area (Å²) in [5, 5.41) is 27.9. The molecule has 6 aromatic carbocycles. The summed E-state index contributed by atoms with van der Waals surface area (Å²) in [5.41, 5.74) is 0.329. The van der Waals surface area contributed by atoms with Crippen molar-refractivity contribution >= 4 is 68.9 Å². The monoisotopic (exact) mass is 959 g/mol. The fourth-order valence-electron chi connectivity index (χ4n) is 5.87. The third kappa shape index (κ3) is 9.83. The Morgan fingerprint density at radius 1 is 0.396 bits per heavy atom. The van der Waals surface area contributed by atoms with Crippen molar-refractivity contribution in [3.05, 3.63) is 181 Å². The standard InChI is InChI=1S/C26H24P2.2C7H5NO3S.Pt/c1-5-13-23(14-6-1)27(24-15-7-2-8-16-24)21-22-28(25-17-9-3-10-18-25)26-19-11-4-12-20-26;2*9-7-5-3-1-2-4-6(5)12(10,11)8-7;/h1-20H,21-22H2;2*1-4H,(H,8,9);/q;;;+2. The number of hydrogen-bond donors (Lipinski definition) is 0. The van der Waals surface area contributed by atoms with Crippen LogP contribution in [0, 0.1) is 0 Å². The zero-order chi connectivity index (χ0) is 36.6. The van der Waals surface area contributed by atoms with Gasteiger partial charge in [0.25, 0.3) is 20.0 Å². The summed E-state index contributed by atoms with van der Waals surface area (Å²) >= 11 is 0. The maximum absolute atomic E-state index is 11.1. The van der Waals surface area contributed by atoms with Crippen LogP contribution in [0.3, 0.4) is 0 Å². The van der Waals surface area contributed by atoms with E-state index in [-0.39, 0.29) is 42.0 Å². The Labute approximate surface area is 326 Å². The SMILES string of the molecule is O=S1(=O)N=C([O-])c2ccccc21.O=S1(=O)N=C([O-])c2ccccc21.[Pt+2].c1ccc([PH+](CC[PH+](c2ccccc2)c2ccccc2)c2ccccc2)cc1. The molecule has 8 rings (SSSR count). The van der Waals surface area contributed by atoms with E-state index in [9.17, 15) is 27.0 Å². The van der Waals surface area contributed by atoms with Gasteiger partial charge in [0.05, 0.1) is 46.9 Å². The van der Waals surface area contributed by atoms with Gasteiger partial charge in [0.2, 0.25) is 0 Å². The fraction of sp³-hybridized carbons (Fsp3) is 0.0500. The van der Waals surface area contributed by atoms with Gasteiger partial charge in [-0.05, 0) is 60.7 Å². The predicted molar refractivity (Wildman–Crippen MR) is 211 cm³/mol. The Balaban J connectivity index is 0.000000178. The number of benzene rings is 6. The van der Waals surface area contributed by atoms with Crippen LogP contribution in [0.4, 0.5) is 0 Å². The molecule has 53 heavy (non-hydrogen) atoms. The number of hydrogen-bond acceptors (Lipinski definition) is 6. The van der Waals surface area contributed by atoms with Crippen LogP contribution in [0.15, 0.2) is 188 Å². The van der Waals surface area contributed by atoms with Crippen molar-refractivity contribution in [1.29, 1.82) is 0 Å². The van der Waals surface area contributed by atoms with Gasteiger partial charge in [0, 0.05) is 22.9 Å². The second-order valence-corrected chi connectivity index (χ2v) is 20.0. The second-order valence-electron chi connectivity index (χ2n) is 11.7. The molecule has 270 valence electrons. The molecule has 0 bridgehead atoms. The third-order valence-corrected chi connectivity index (χ3v) is 17.1. The zero-order valence-corrected chi connectivity index (χ0v) is 34.0. The minimum absolute atomic E-state index is 0. The molecular weight excluding hydrogens is 926 g/mol. The van der Waals surface area contributed by atoms with Crippen molar-refractivity contribution in [2.45, 2.75) is 9.79 Å². The van der Waals surface area contributed by atoms with Crippen molar-refractivity contribution in [2.24, 2.45) is 8.80 Å². The van der Waals surface area contributed by atoms with E-state index in [0.29, 0.717) is 0 Å². The molecule has 0 aliphatic carbocycles. The molecule has 0 unspecified atom stereocenters. The first kappa shape index (κ1) is 39.9. The van der Waals surface area contributed by atoms with E-state index in [4.69, 9.17) is 0 Å². The average molecular weight is 960 g/mol. The quantitative estimate of drug-likeness (QED) is 0.224. The van der Waals surface area contributed by atoms with Crippen molar-refractivity contribution in [3.63, 3.8) is 0 Å². The molecule has 0 saturated carbocycles. The molecule has 2 heterocycles. The summed E-state index contributed by atoms with van der Waals surface area (Å²) in [6, 6.07) is 56.5. The van der Waals surface area contributed by atoms with Gasteiger partial charge in [-0.2, -0.15) is 25.6 Å². The van der Waals surface area contributed by atoms with Gasteiger partial charge in [0.15, 0.2) is 0 Å². The summed E-state index contributed by atoms with van der Waals surface area (Å²) in [5.74, 6) is -1.35. The van der Waals surface area contributed by atoms with Gasteiger partial charge in [-0.15, -0.1) is 0 Å². The summed E-state index contributed by atoms with van der Waals surface area (Å²) < 4.78 is 50.3. The number of nitrogens with zero attached hydrogens (tertiary/aromatic N) is 2. The molecule has 0 amide bonds. The normalized spacial score (nSPS) is 14.2. The van der Waals surface area contributed by atoms with Crippen LogP contribution in [-0.2, 0) is 41.1 Å². The number of rotatable bonds is 7. The topological polar surface area (TPSA) is 139 Å². The van der Waals surface area contributed by atoms with Crippen LogP contribution in [0.1, 0.15) is 11.1 Å². The summed E-state index contributed by atoms with van der Waals surface area (Å²) in [7, 11) is -8.93. The van der Waals surface area contributed by atoms with Gasteiger partial charge in [-0.25, -0.2) is 0 Å². The average Bonchev–Trinajstić information content (AvgIpc) is 3.57. The molecule has 2 aliphatic rings. The van der Waals surface area contributed by atoms with Gasteiger partial charge >= 0.3 is 21.1 Å². The Hall–Kier alpha value is -4.29. The van der Waals surface area contributed by atoms with E-state index >= 15 is 0 Å². The van der Waals surface area contributed by atoms with Crippen LogP contribution in [0.25, 0.3) is 0 Å². The predicted octanol–water partition coefficient (Wildman–Crippen LogP) is 3.71. The van der Waals surface area contributed by atoms with Gasteiger partial charge < -0.3 is 10.2 Å². The van der Waals surface area contributed by atoms with Crippen LogP contribution < -0.4 is 31.4 Å². The molecule has 0 radical (unpaired) electrons. The Morgan fingerprint density at radius 3 is 0.906 bits per heavy atom. The van der Waals surface area contributed by atoms with Crippen LogP contribution >= 0.6 is 15.8 Å². The van der Waals surface area contributed by atoms with E-state index < -0.39 is 47.7 Å². The Bertz CT molecular complexity index is 2170. The molecule has 0 saturated heterocycles. The Morgan fingerprint density at radius 2 is 0.642 bits per heavy atom. The number of sulfonamides is 2. The van der Waals surface area contributed by atoms with E-state index in [1.807, 2.05) is 0 Å². The maximum Gasteiger partial charge on any atom is 2.00 e. The summed E-state index contributed by atoms with van der Waals surface area (Å²) in [4.78, 5) is 0.0185. The summed E-state index contributed by atoms with van der Waals surface area (Å²) in [6.07, 6.45) is 2.52.